The molecule has 0 amide bonds. The SMILES string of the molecule is CCC[Si](OC)(OC)OCC(C)C. The predicted octanol–water partition coefficient (Wildman–Crippen LogP) is 2.30. The fourth-order valence-corrected chi connectivity index (χ4v) is 3.23. The van der Waals surface area contributed by atoms with Gasteiger partial charge in [-0.15, -0.1) is 0 Å². The van der Waals surface area contributed by atoms with E-state index in [1.807, 2.05) is 0 Å². The Morgan fingerprint density at radius 3 is 2.00 bits per heavy atom. The molecule has 0 atom stereocenters. The van der Waals surface area contributed by atoms with Gasteiger partial charge in [0.05, 0.1) is 0 Å². The molecule has 80 valence electrons. The molecule has 13 heavy (non-hydrogen) atoms. The topological polar surface area (TPSA) is 27.7 Å². The lowest BCUT2D eigenvalue weighted by molar-refractivity contribution is 0.0867. The summed E-state index contributed by atoms with van der Waals surface area (Å²) < 4.78 is 16.5. The molecule has 0 radical (unpaired) electrons. The third-order valence-corrected chi connectivity index (χ3v) is 4.78. The Balaban J connectivity index is 4.04. The van der Waals surface area contributed by atoms with E-state index in [0.717, 1.165) is 12.5 Å². The summed E-state index contributed by atoms with van der Waals surface area (Å²) in [6.45, 7) is 7.07. The molecule has 0 aliphatic carbocycles. The molecular weight excluding hydrogens is 184 g/mol. The van der Waals surface area contributed by atoms with Crippen molar-refractivity contribution in [3.05, 3.63) is 0 Å². The molecule has 0 fully saturated rings. The van der Waals surface area contributed by atoms with Gasteiger partial charge < -0.3 is 13.3 Å². The monoisotopic (exact) mass is 206 g/mol. The molecule has 0 saturated carbocycles. The average molecular weight is 206 g/mol. The van der Waals surface area contributed by atoms with Crippen LogP contribution in [0.5, 0.6) is 0 Å². The van der Waals surface area contributed by atoms with Crippen LogP contribution >= 0.6 is 0 Å². The van der Waals surface area contributed by atoms with Gasteiger partial charge in [0, 0.05) is 26.9 Å². The van der Waals surface area contributed by atoms with Crippen LogP contribution in [0.25, 0.3) is 0 Å². The molecule has 0 N–H and O–H groups in total. The summed E-state index contributed by atoms with van der Waals surface area (Å²) in [5.41, 5.74) is 0. The summed E-state index contributed by atoms with van der Waals surface area (Å²) in [6, 6.07) is 0.896. The fourth-order valence-electron chi connectivity index (χ4n) is 1.08. The summed E-state index contributed by atoms with van der Waals surface area (Å²) in [4.78, 5) is 0. The smallest absolute Gasteiger partial charge is 0.377 e. The van der Waals surface area contributed by atoms with Crippen molar-refractivity contribution in [3.8, 4) is 0 Å². The van der Waals surface area contributed by atoms with Crippen LogP contribution in [-0.4, -0.2) is 29.6 Å². The quantitative estimate of drug-likeness (QED) is 0.598. The molecule has 4 heteroatoms. The van der Waals surface area contributed by atoms with Crippen LogP contribution in [0.4, 0.5) is 0 Å². The van der Waals surface area contributed by atoms with Crippen LogP contribution < -0.4 is 0 Å². The maximum absolute atomic E-state index is 5.72. The number of hydrogen-bond acceptors (Lipinski definition) is 3. The Kier molecular flexibility index (Phi) is 6.58. The minimum Gasteiger partial charge on any atom is -0.377 e. The van der Waals surface area contributed by atoms with Crippen molar-refractivity contribution in [2.75, 3.05) is 20.8 Å². The molecule has 0 spiro atoms. The molecule has 0 aliphatic rings. The van der Waals surface area contributed by atoms with Gasteiger partial charge in [-0.2, -0.15) is 0 Å². The van der Waals surface area contributed by atoms with Crippen molar-refractivity contribution >= 4 is 8.80 Å². The molecule has 0 rings (SSSR count). The third kappa shape index (κ3) is 4.76. The molecule has 0 saturated heterocycles. The van der Waals surface area contributed by atoms with Gasteiger partial charge in [-0.3, -0.25) is 0 Å². The zero-order valence-electron chi connectivity index (χ0n) is 9.42. The Morgan fingerprint density at radius 2 is 1.69 bits per heavy atom. The zero-order chi connectivity index (χ0) is 10.3. The van der Waals surface area contributed by atoms with E-state index >= 15 is 0 Å². The molecule has 0 heterocycles. The molecular formula is C9H22O3Si. The normalized spacial score (nSPS) is 12.5. The molecule has 0 aliphatic heterocycles. The summed E-state index contributed by atoms with van der Waals surface area (Å²) in [7, 11) is 1.04. The molecule has 0 aromatic heterocycles. The lowest BCUT2D eigenvalue weighted by Crippen LogP contribution is -2.44. The van der Waals surface area contributed by atoms with Gasteiger partial charge in [0.2, 0.25) is 0 Å². The largest absolute Gasteiger partial charge is 0.500 e. The van der Waals surface area contributed by atoms with Crippen molar-refractivity contribution in [3.63, 3.8) is 0 Å². The second-order valence-electron chi connectivity index (χ2n) is 3.55. The van der Waals surface area contributed by atoms with E-state index in [0.29, 0.717) is 12.5 Å². The van der Waals surface area contributed by atoms with Gasteiger partial charge in [0.25, 0.3) is 0 Å². The summed E-state index contributed by atoms with van der Waals surface area (Å²) in [6.07, 6.45) is 1.03. The molecule has 0 aromatic carbocycles. The van der Waals surface area contributed by atoms with Crippen molar-refractivity contribution in [1.82, 2.24) is 0 Å². The van der Waals surface area contributed by atoms with Crippen LogP contribution in [0.3, 0.4) is 0 Å². The lowest BCUT2D eigenvalue weighted by Gasteiger charge is -2.26. The summed E-state index contributed by atoms with van der Waals surface area (Å²) in [5, 5.41) is 0. The first-order valence-electron chi connectivity index (χ1n) is 4.84. The minimum absolute atomic E-state index is 0.522. The van der Waals surface area contributed by atoms with Crippen molar-refractivity contribution < 1.29 is 13.3 Å². The number of rotatable bonds is 7. The van der Waals surface area contributed by atoms with Gasteiger partial charge in [-0.05, 0) is 5.92 Å². The van der Waals surface area contributed by atoms with E-state index in [-0.39, 0.29) is 0 Å². The van der Waals surface area contributed by atoms with Crippen molar-refractivity contribution in [2.24, 2.45) is 5.92 Å². The summed E-state index contributed by atoms with van der Waals surface area (Å²) >= 11 is 0. The van der Waals surface area contributed by atoms with E-state index in [1.165, 1.54) is 0 Å². The molecule has 3 nitrogen and oxygen atoms in total. The first kappa shape index (κ1) is 13.1. The Morgan fingerprint density at radius 1 is 1.15 bits per heavy atom. The second kappa shape index (κ2) is 6.54. The van der Waals surface area contributed by atoms with Gasteiger partial charge in [-0.25, -0.2) is 0 Å². The highest BCUT2D eigenvalue weighted by Crippen LogP contribution is 2.16. The van der Waals surface area contributed by atoms with E-state index in [1.54, 1.807) is 14.2 Å². The standard InChI is InChI=1S/C9H22O3Si/c1-6-7-13(10-4,11-5)12-8-9(2)3/h9H,6-8H2,1-5H3. The van der Waals surface area contributed by atoms with Gasteiger partial charge >= 0.3 is 8.80 Å². The lowest BCUT2D eigenvalue weighted by atomic mass is 10.2. The van der Waals surface area contributed by atoms with E-state index < -0.39 is 8.80 Å². The van der Waals surface area contributed by atoms with E-state index in [2.05, 4.69) is 20.8 Å². The van der Waals surface area contributed by atoms with Crippen LogP contribution in [0.15, 0.2) is 0 Å². The molecule has 0 aromatic rings. The van der Waals surface area contributed by atoms with E-state index in [9.17, 15) is 0 Å². The third-order valence-electron chi connectivity index (χ3n) is 1.81. The zero-order valence-corrected chi connectivity index (χ0v) is 10.4. The van der Waals surface area contributed by atoms with Gasteiger partial charge in [0.15, 0.2) is 0 Å². The predicted molar refractivity (Wildman–Crippen MR) is 55.7 cm³/mol. The van der Waals surface area contributed by atoms with E-state index in [4.69, 9.17) is 13.3 Å². The number of hydrogen-bond donors (Lipinski definition) is 0. The maximum Gasteiger partial charge on any atom is 0.500 e. The first-order chi connectivity index (χ1) is 6.10. The molecule has 0 bridgehead atoms. The van der Waals surface area contributed by atoms with Gasteiger partial charge in [0.1, 0.15) is 0 Å². The highest BCUT2D eigenvalue weighted by atomic mass is 28.4. The Bertz CT molecular complexity index is 124. The summed E-state index contributed by atoms with van der Waals surface area (Å²) in [5.74, 6) is 0.522. The fraction of sp³-hybridized carbons (Fsp3) is 1.00. The maximum atomic E-state index is 5.72. The van der Waals surface area contributed by atoms with Crippen LogP contribution in [0, 0.1) is 5.92 Å². The average Bonchev–Trinajstić information content (AvgIpc) is 2.12. The Hall–Kier alpha value is 0.0969. The van der Waals surface area contributed by atoms with Crippen LogP contribution in [-0.2, 0) is 13.3 Å². The second-order valence-corrected chi connectivity index (χ2v) is 6.52. The minimum atomic E-state index is -2.31. The van der Waals surface area contributed by atoms with Crippen LogP contribution in [0.1, 0.15) is 27.2 Å². The van der Waals surface area contributed by atoms with Crippen molar-refractivity contribution in [1.29, 1.82) is 0 Å². The molecule has 0 unspecified atom stereocenters. The highest BCUT2D eigenvalue weighted by molar-refractivity contribution is 6.60. The first-order valence-corrected chi connectivity index (χ1v) is 6.77. The van der Waals surface area contributed by atoms with Crippen molar-refractivity contribution in [2.45, 2.75) is 33.2 Å². The Labute approximate surface area is 82.8 Å². The van der Waals surface area contributed by atoms with Crippen LogP contribution in [0.2, 0.25) is 6.04 Å². The van der Waals surface area contributed by atoms with Gasteiger partial charge in [-0.1, -0.05) is 27.2 Å². The highest BCUT2D eigenvalue weighted by Gasteiger charge is 2.37.